The highest BCUT2D eigenvalue weighted by Crippen LogP contribution is 2.08. The van der Waals surface area contributed by atoms with Crippen molar-refractivity contribution >= 4 is 39.9 Å². The molecule has 0 saturated carbocycles. The molecule has 4 nitrogen and oxygen atoms in total. The average molecular weight is 555 g/mol. The summed E-state index contributed by atoms with van der Waals surface area (Å²) in [6.07, 6.45) is 6.36. The number of halogens is 2. The number of rotatable bonds is 10. The molecule has 22 heavy (non-hydrogen) atoms. The molecule has 0 bridgehead atoms. The van der Waals surface area contributed by atoms with E-state index in [4.69, 9.17) is 17.0 Å². The van der Waals surface area contributed by atoms with Crippen LogP contribution in [-0.4, -0.2) is 67.0 Å². The van der Waals surface area contributed by atoms with Crippen LogP contribution in [0.15, 0.2) is 0 Å². The molecule has 0 radical (unpaired) electrons. The van der Waals surface area contributed by atoms with Crippen LogP contribution in [0.25, 0.3) is 0 Å². The summed E-state index contributed by atoms with van der Waals surface area (Å²) in [7, 11) is 2.33. The van der Waals surface area contributed by atoms with Gasteiger partial charge in [0.2, 0.25) is 0 Å². The second-order valence-electron chi connectivity index (χ2n) is 6.04. The first-order valence-electron chi connectivity index (χ1n) is 8.15. The van der Waals surface area contributed by atoms with Gasteiger partial charge in [-0.3, -0.25) is 0 Å². The number of nitrogens with one attached hydrogen (secondary N) is 2. The van der Waals surface area contributed by atoms with E-state index in [1.54, 1.807) is 0 Å². The average Bonchev–Trinajstić information content (AvgIpc) is 2.48. The largest absolute Gasteiger partial charge is 1.00 e. The summed E-state index contributed by atoms with van der Waals surface area (Å²) in [5, 5.41) is 7.43. The molecule has 0 aliphatic carbocycles. The summed E-state index contributed by atoms with van der Waals surface area (Å²) in [6.45, 7) is 7.26. The van der Waals surface area contributed by atoms with Crippen LogP contribution in [0.4, 0.5) is 0 Å². The molecule has 1 rings (SSSR count). The van der Waals surface area contributed by atoms with Gasteiger partial charge in [0.05, 0.1) is 26.8 Å². The molecule has 1 heterocycles. The Hall–Kier alpha value is 1.07. The lowest BCUT2D eigenvalue weighted by molar-refractivity contribution is -0.916. The Morgan fingerprint density at radius 2 is 1.64 bits per heavy atom. The predicted octanol–water partition coefficient (Wildman–Crippen LogP) is -0.683. The minimum Gasteiger partial charge on any atom is -1.00 e. The van der Waals surface area contributed by atoms with E-state index in [1.165, 1.54) is 36.7 Å². The molecule has 0 atom stereocenters. The Balaban J connectivity index is 0.00000441. The number of thiocarbonyl (C=S) groups is 1. The van der Waals surface area contributed by atoms with Gasteiger partial charge in [0, 0.05) is 19.5 Å². The van der Waals surface area contributed by atoms with Gasteiger partial charge < -0.3 is 43.8 Å². The van der Waals surface area contributed by atoms with Gasteiger partial charge in [-0.2, -0.15) is 0 Å². The molecule has 0 unspecified atom stereocenters. The van der Waals surface area contributed by atoms with Gasteiger partial charge in [-0.1, -0.05) is 35.4 Å². The van der Waals surface area contributed by atoms with Crippen LogP contribution < -0.4 is 34.6 Å². The van der Waals surface area contributed by atoms with Crippen molar-refractivity contribution in [1.82, 2.24) is 10.6 Å². The zero-order valence-electron chi connectivity index (χ0n) is 13.7. The molecular formula is C15H31I2N3OS. The van der Waals surface area contributed by atoms with Crippen molar-refractivity contribution < 1.29 is 33.2 Å². The van der Waals surface area contributed by atoms with E-state index < -0.39 is 0 Å². The lowest BCUT2D eigenvalue weighted by Gasteiger charge is -2.37. The fourth-order valence-electron chi connectivity index (χ4n) is 2.51. The quantitative estimate of drug-likeness (QED) is 0.123. The third-order valence-corrected chi connectivity index (χ3v) is 5.11. The molecule has 1 aliphatic heterocycles. The number of alkyl halides is 1. The highest BCUT2D eigenvalue weighted by molar-refractivity contribution is 14.1. The smallest absolute Gasteiger partial charge is 0.166 e. The van der Waals surface area contributed by atoms with Crippen molar-refractivity contribution in [3.05, 3.63) is 0 Å². The molecule has 1 fully saturated rings. The molecular weight excluding hydrogens is 524 g/mol. The zero-order chi connectivity index (χ0) is 15.4. The van der Waals surface area contributed by atoms with Gasteiger partial charge in [-0.25, -0.2) is 0 Å². The van der Waals surface area contributed by atoms with Crippen molar-refractivity contribution in [2.45, 2.75) is 32.1 Å². The number of ether oxygens (including phenoxy) is 1. The third kappa shape index (κ3) is 11.6. The maximum absolute atomic E-state index is 5.43. The molecule has 0 amide bonds. The van der Waals surface area contributed by atoms with Gasteiger partial charge in [0.25, 0.3) is 0 Å². The van der Waals surface area contributed by atoms with E-state index in [1.807, 2.05) is 0 Å². The lowest BCUT2D eigenvalue weighted by Crippen LogP contribution is -3.00. The van der Waals surface area contributed by atoms with Crippen LogP contribution in [0.2, 0.25) is 0 Å². The van der Waals surface area contributed by atoms with Crippen molar-refractivity contribution in [2.24, 2.45) is 0 Å². The van der Waals surface area contributed by atoms with Crippen molar-refractivity contribution in [3.63, 3.8) is 0 Å². The standard InChI is InChI=1S/C15H30IN3OS.HI/c1-19(11-13-20-14-12-19)10-6-9-18-15(21)17-8-5-3-2-4-7-16;/h2-14H2,1H3,(H-,17,18,21);1H. The summed E-state index contributed by atoms with van der Waals surface area (Å²) >= 11 is 7.74. The molecule has 0 aromatic carbocycles. The Morgan fingerprint density at radius 1 is 1.05 bits per heavy atom. The first kappa shape index (κ1) is 23.1. The number of nitrogens with zero attached hydrogens (tertiary/aromatic N) is 1. The normalized spacial score (nSPS) is 16.6. The molecule has 0 aromatic rings. The number of likely N-dealkylation sites (N-methyl/N-ethyl adjacent to an activating group) is 1. The summed E-state index contributed by atoms with van der Waals surface area (Å²) in [5.74, 6) is 0. The topological polar surface area (TPSA) is 33.3 Å². The Morgan fingerprint density at radius 3 is 2.27 bits per heavy atom. The fraction of sp³-hybridized carbons (Fsp3) is 0.933. The molecule has 1 aliphatic rings. The molecule has 7 heteroatoms. The number of quaternary nitrogens is 1. The second-order valence-corrected chi connectivity index (χ2v) is 7.53. The van der Waals surface area contributed by atoms with Crippen LogP contribution in [0.5, 0.6) is 0 Å². The maximum atomic E-state index is 5.43. The predicted molar refractivity (Wildman–Crippen MR) is 102 cm³/mol. The Bertz CT molecular complexity index is 290. The van der Waals surface area contributed by atoms with Gasteiger partial charge >= 0.3 is 0 Å². The fourth-order valence-corrected chi connectivity index (χ4v) is 3.25. The highest BCUT2D eigenvalue weighted by atomic mass is 127. The maximum Gasteiger partial charge on any atom is 0.166 e. The summed E-state index contributed by atoms with van der Waals surface area (Å²) in [6, 6.07) is 0. The van der Waals surface area contributed by atoms with Crippen LogP contribution in [0.1, 0.15) is 32.1 Å². The summed E-state index contributed by atoms with van der Waals surface area (Å²) in [5.41, 5.74) is 0. The van der Waals surface area contributed by atoms with Gasteiger partial charge in [0.15, 0.2) is 5.11 Å². The van der Waals surface area contributed by atoms with E-state index in [2.05, 4.69) is 40.3 Å². The molecule has 0 spiro atoms. The Labute approximate surface area is 172 Å². The van der Waals surface area contributed by atoms with E-state index >= 15 is 0 Å². The monoisotopic (exact) mass is 555 g/mol. The Kier molecular flexibility index (Phi) is 15.1. The highest BCUT2D eigenvalue weighted by Gasteiger charge is 2.24. The number of hydrogen-bond donors (Lipinski definition) is 2. The van der Waals surface area contributed by atoms with Gasteiger partial charge in [0.1, 0.15) is 13.1 Å². The first-order chi connectivity index (χ1) is 10.2. The molecule has 132 valence electrons. The zero-order valence-corrected chi connectivity index (χ0v) is 18.8. The van der Waals surface area contributed by atoms with Crippen LogP contribution in [0.3, 0.4) is 0 Å². The van der Waals surface area contributed by atoms with Crippen LogP contribution in [-0.2, 0) is 4.74 Å². The SMILES string of the molecule is C[N+]1(CCCNC(=S)NCCCCCCI)CCOCC1.[I-]. The third-order valence-electron chi connectivity index (χ3n) is 4.06. The number of unbranched alkanes of at least 4 members (excludes halogenated alkanes) is 3. The molecule has 2 N–H and O–H groups in total. The summed E-state index contributed by atoms with van der Waals surface area (Å²) < 4.78 is 7.84. The number of hydrogen-bond acceptors (Lipinski definition) is 2. The lowest BCUT2D eigenvalue weighted by atomic mass is 10.2. The molecule has 1 saturated heterocycles. The van der Waals surface area contributed by atoms with Gasteiger partial charge in [-0.15, -0.1) is 0 Å². The minimum atomic E-state index is 0. The summed E-state index contributed by atoms with van der Waals surface area (Å²) in [4.78, 5) is 0. The van der Waals surface area contributed by atoms with E-state index in [0.29, 0.717) is 0 Å². The van der Waals surface area contributed by atoms with E-state index in [9.17, 15) is 0 Å². The van der Waals surface area contributed by atoms with E-state index in [0.717, 1.165) is 55.4 Å². The van der Waals surface area contributed by atoms with Crippen molar-refractivity contribution in [3.8, 4) is 0 Å². The van der Waals surface area contributed by atoms with Crippen molar-refractivity contribution in [1.29, 1.82) is 0 Å². The van der Waals surface area contributed by atoms with Crippen LogP contribution in [0, 0.1) is 0 Å². The van der Waals surface area contributed by atoms with Crippen molar-refractivity contribution in [2.75, 3.05) is 57.4 Å². The first-order valence-corrected chi connectivity index (χ1v) is 10.1. The van der Waals surface area contributed by atoms with Gasteiger partial charge in [-0.05, 0) is 29.5 Å². The van der Waals surface area contributed by atoms with E-state index in [-0.39, 0.29) is 24.0 Å². The molecule has 0 aromatic heterocycles. The minimum absolute atomic E-state index is 0. The second kappa shape index (κ2) is 14.4. The van der Waals surface area contributed by atoms with Crippen LogP contribution >= 0.6 is 34.8 Å². The number of morpholine rings is 1.